The molecule has 5 heteroatoms. The average molecular weight is 277 g/mol. The lowest BCUT2D eigenvalue weighted by Crippen LogP contribution is -2.50. The standard InChI is InChI=1S/C15H23N3O2/c1-14(2,11-16)9-10-18-13(20)17-12(19)15(18)7-5-3-4-6-8-15/h3-10H2,1-2H3,(H,17,19,20). The predicted octanol–water partition coefficient (Wildman–Crippen LogP) is 2.57. The number of nitriles is 1. The van der Waals surface area contributed by atoms with Crippen LogP contribution in [0, 0.1) is 16.7 Å². The molecule has 0 aromatic heterocycles. The number of nitrogens with zero attached hydrogens (tertiary/aromatic N) is 2. The predicted molar refractivity (Wildman–Crippen MR) is 74.7 cm³/mol. The van der Waals surface area contributed by atoms with Crippen molar-refractivity contribution in [3.63, 3.8) is 0 Å². The molecule has 2 aliphatic rings. The van der Waals surface area contributed by atoms with Gasteiger partial charge in [0.25, 0.3) is 5.91 Å². The maximum Gasteiger partial charge on any atom is 0.325 e. The molecule has 1 heterocycles. The molecule has 5 nitrogen and oxygen atoms in total. The van der Waals surface area contributed by atoms with Gasteiger partial charge in [0, 0.05) is 6.54 Å². The van der Waals surface area contributed by atoms with E-state index in [-0.39, 0.29) is 11.9 Å². The minimum Gasteiger partial charge on any atom is -0.310 e. The Labute approximate surface area is 120 Å². The second-order valence-electron chi connectivity index (χ2n) is 6.60. The molecule has 1 N–H and O–H groups in total. The highest BCUT2D eigenvalue weighted by Gasteiger charge is 2.52. The first-order chi connectivity index (χ1) is 9.41. The third-order valence-electron chi connectivity index (χ3n) is 4.60. The lowest BCUT2D eigenvalue weighted by molar-refractivity contribution is -0.127. The first-order valence-corrected chi connectivity index (χ1v) is 7.46. The average Bonchev–Trinajstić information content (AvgIpc) is 2.60. The Kier molecular flexibility index (Phi) is 4.03. The highest BCUT2D eigenvalue weighted by molar-refractivity contribution is 6.07. The van der Waals surface area contributed by atoms with Gasteiger partial charge in [0.2, 0.25) is 0 Å². The van der Waals surface area contributed by atoms with Crippen LogP contribution in [-0.2, 0) is 4.79 Å². The fraction of sp³-hybridized carbons (Fsp3) is 0.800. The molecule has 0 radical (unpaired) electrons. The van der Waals surface area contributed by atoms with Crippen LogP contribution in [0.5, 0.6) is 0 Å². The molecule has 1 spiro atoms. The molecule has 1 saturated heterocycles. The molecule has 0 aromatic rings. The van der Waals surface area contributed by atoms with E-state index in [1.807, 2.05) is 13.8 Å². The van der Waals surface area contributed by atoms with E-state index >= 15 is 0 Å². The van der Waals surface area contributed by atoms with E-state index in [0.717, 1.165) is 38.5 Å². The third-order valence-corrected chi connectivity index (χ3v) is 4.60. The van der Waals surface area contributed by atoms with Crippen molar-refractivity contribution in [2.45, 2.75) is 64.3 Å². The highest BCUT2D eigenvalue weighted by Crippen LogP contribution is 2.37. The summed E-state index contributed by atoms with van der Waals surface area (Å²) in [6.07, 6.45) is 6.31. The zero-order valence-electron chi connectivity index (χ0n) is 12.4. The number of urea groups is 1. The molecule has 0 bridgehead atoms. The quantitative estimate of drug-likeness (QED) is 0.806. The molecule has 2 rings (SSSR count). The van der Waals surface area contributed by atoms with Crippen LogP contribution in [-0.4, -0.2) is 28.9 Å². The van der Waals surface area contributed by atoms with Crippen LogP contribution in [0.25, 0.3) is 0 Å². The number of rotatable bonds is 3. The second kappa shape index (κ2) is 5.43. The van der Waals surface area contributed by atoms with Crippen molar-refractivity contribution in [1.82, 2.24) is 10.2 Å². The lowest BCUT2D eigenvalue weighted by atomic mass is 9.86. The van der Waals surface area contributed by atoms with Gasteiger partial charge in [-0.15, -0.1) is 0 Å². The molecule has 1 aliphatic carbocycles. The summed E-state index contributed by atoms with van der Waals surface area (Å²) in [5.41, 5.74) is -1.13. The summed E-state index contributed by atoms with van der Waals surface area (Å²) < 4.78 is 0. The first-order valence-electron chi connectivity index (χ1n) is 7.46. The number of hydrogen-bond acceptors (Lipinski definition) is 3. The van der Waals surface area contributed by atoms with E-state index in [2.05, 4.69) is 11.4 Å². The Bertz CT molecular complexity index is 443. The number of imide groups is 1. The SMILES string of the molecule is CC(C)(C#N)CCN1C(=O)NC(=O)C12CCCCCC2. The van der Waals surface area contributed by atoms with E-state index in [1.165, 1.54) is 0 Å². The van der Waals surface area contributed by atoms with Gasteiger partial charge in [-0.2, -0.15) is 5.26 Å². The van der Waals surface area contributed by atoms with Gasteiger partial charge in [-0.25, -0.2) is 4.79 Å². The summed E-state index contributed by atoms with van der Waals surface area (Å²) >= 11 is 0. The van der Waals surface area contributed by atoms with Crippen molar-refractivity contribution < 1.29 is 9.59 Å². The summed E-state index contributed by atoms with van der Waals surface area (Å²) in [6.45, 7) is 4.20. The van der Waals surface area contributed by atoms with Crippen molar-refractivity contribution in [2.24, 2.45) is 5.41 Å². The minimum atomic E-state index is -0.654. The van der Waals surface area contributed by atoms with Gasteiger partial charge in [0.1, 0.15) is 5.54 Å². The van der Waals surface area contributed by atoms with Crippen LogP contribution < -0.4 is 5.32 Å². The minimum absolute atomic E-state index is 0.140. The van der Waals surface area contributed by atoms with Crippen molar-refractivity contribution in [2.75, 3.05) is 6.54 Å². The van der Waals surface area contributed by atoms with Crippen LogP contribution in [0.1, 0.15) is 58.8 Å². The van der Waals surface area contributed by atoms with E-state index < -0.39 is 11.0 Å². The number of nitrogens with one attached hydrogen (secondary N) is 1. The van der Waals surface area contributed by atoms with Crippen LogP contribution in [0.2, 0.25) is 0 Å². The number of carbonyl (C=O) groups is 2. The molecule has 1 saturated carbocycles. The smallest absolute Gasteiger partial charge is 0.310 e. The summed E-state index contributed by atoms with van der Waals surface area (Å²) in [5.74, 6) is -0.140. The van der Waals surface area contributed by atoms with Crippen LogP contribution in [0.3, 0.4) is 0 Å². The fourth-order valence-electron chi connectivity index (χ4n) is 3.17. The monoisotopic (exact) mass is 277 g/mol. The van der Waals surface area contributed by atoms with Crippen molar-refractivity contribution in [1.29, 1.82) is 5.26 Å². The lowest BCUT2D eigenvalue weighted by Gasteiger charge is -2.35. The van der Waals surface area contributed by atoms with E-state index in [0.29, 0.717) is 13.0 Å². The third kappa shape index (κ3) is 2.65. The Morgan fingerprint density at radius 1 is 1.25 bits per heavy atom. The maximum absolute atomic E-state index is 12.3. The molecule has 20 heavy (non-hydrogen) atoms. The van der Waals surface area contributed by atoms with Gasteiger partial charge in [-0.3, -0.25) is 10.1 Å². The maximum atomic E-state index is 12.3. The number of hydrogen-bond donors (Lipinski definition) is 1. The van der Waals surface area contributed by atoms with Gasteiger partial charge in [-0.1, -0.05) is 25.7 Å². The Balaban J connectivity index is 2.17. The van der Waals surface area contributed by atoms with Crippen molar-refractivity contribution >= 4 is 11.9 Å². The van der Waals surface area contributed by atoms with Gasteiger partial charge < -0.3 is 4.90 Å². The fourth-order valence-corrected chi connectivity index (χ4v) is 3.17. The zero-order chi connectivity index (χ0) is 14.8. The van der Waals surface area contributed by atoms with Gasteiger partial charge in [-0.05, 0) is 33.1 Å². The topological polar surface area (TPSA) is 73.2 Å². The van der Waals surface area contributed by atoms with Crippen molar-refractivity contribution in [3.05, 3.63) is 0 Å². The summed E-state index contributed by atoms with van der Waals surface area (Å²) in [7, 11) is 0. The molecular weight excluding hydrogens is 254 g/mol. The molecule has 110 valence electrons. The zero-order valence-corrected chi connectivity index (χ0v) is 12.4. The Morgan fingerprint density at radius 2 is 1.85 bits per heavy atom. The van der Waals surface area contributed by atoms with Gasteiger partial charge >= 0.3 is 6.03 Å². The van der Waals surface area contributed by atoms with E-state index in [1.54, 1.807) is 4.90 Å². The van der Waals surface area contributed by atoms with Crippen molar-refractivity contribution in [3.8, 4) is 6.07 Å². The molecular formula is C15H23N3O2. The summed E-state index contributed by atoms with van der Waals surface area (Å²) in [5, 5.41) is 11.6. The molecule has 1 aliphatic heterocycles. The molecule has 0 aromatic carbocycles. The summed E-state index contributed by atoms with van der Waals surface area (Å²) in [4.78, 5) is 26.1. The van der Waals surface area contributed by atoms with Crippen LogP contribution in [0.15, 0.2) is 0 Å². The Morgan fingerprint density at radius 3 is 2.40 bits per heavy atom. The largest absolute Gasteiger partial charge is 0.325 e. The first kappa shape index (κ1) is 14.8. The van der Waals surface area contributed by atoms with Crippen LogP contribution >= 0.6 is 0 Å². The normalized spacial score (nSPS) is 22.6. The molecule has 0 unspecified atom stereocenters. The Hall–Kier alpha value is -1.57. The van der Waals surface area contributed by atoms with E-state index in [9.17, 15) is 9.59 Å². The van der Waals surface area contributed by atoms with Crippen LogP contribution in [0.4, 0.5) is 4.79 Å². The molecule has 2 fully saturated rings. The number of amides is 3. The molecule has 3 amide bonds. The van der Waals surface area contributed by atoms with E-state index in [4.69, 9.17) is 5.26 Å². The highest BCUT2D eigenvalue weighted by atomic mass is 16.2. The van der Waals surface area contributed by atoms with Gasteiger partial charge in [0.05, 0.1) is 11.5 Å². The van der Waals surface area contributed by atoms with Gasteiger partial charge in [0.15, 0.2) is 0 Å². The molecule has 0 atom stereocenters. The summed E-state index contributed by atoms with van der Waals surface area (Å²) in [6, 6.07) is 1.97. The number of carbonyl (C=O) groups excluding carboxylic acids is 2. The second-order valence-corrected chi connectivity index (χ2v) is 6.60.